The van der Waals surface area contributed by atoms with E-state index in [1.165, 1.54) is 0 Å². The first-order valence-electron chi connectivity index (χ1n) is 3.28. The van der Waals surface area contributed by atoms with Crippen LogP contribution in [0.4, 0.5) is 0 Å². The largest absolute Gasteiger partial charge is 0.380 e. The first-order chi connectivity index (χ1) is 4.24. The van der Waals surface area contributed by atoms with Crippen molar-refractivity contribution in [3.8, 4) is 0 Å². The molecule has 9 heavy (non-hydrogen) atoms. The second kappa shape index (κ2) is 2.64. The molecule has 1 rings (SSSR count). The quantitative estimate of drug-likeness (QED) is 0.506. The van der Waals surface area contributed by atoms with Gasteiger partial charge in [0.15, 0.2) is 0 Å². The SMILES string of the molecule is CO[C@H]1C[C@@H](C)N(N)C1. The highest BCUT2D eigenvalue weighted by Crippen LogP contribution is 2.14. The van der Waals surface area contributed by atoms with E-state index in [2.05, 4.69) is 6.92 Å². The van der Waals surface area contributed by atoms with Crippen LogP contribution in [0.1, 0.15) is 13.3 Å². The van der Waals surface area contributed by atoms with Gasteiger partial charge < -0.3 is 4.74 Å². The molecule has 1 heterocycles. The van der Waals surface area contributed by atoms with Crippen LogP contribution in [-0.2, 0) is 4.74 Å². The predicted molar refractivity (Wildman–Crippen MR) is 35.8 cm³/mol. The fraction of sp³-hybridized carbons (Fsp3) is 1.00. The molecule has 0 bridgehead atoms. The van der Waals surface area contributed by atoms with E-state index in [4.69, 9.17) is 10.6 Å². The van der Waals surface area contributed by atoms with Gasteiger partial charge in [0, 0.05) is 19.7 Å². The predicted octanol–water partition coefficient (Wildman–Crippen LogP) is -0.0307. The maximum absolute atomic E-state index is 5.60. The van der Waals surface area contributed by atoms with Crippen molar-refractivity contribution in [3.63, 3.8) is 0 Å². The lowest BCUT2D eigenvalue weighted by molar-refractivity contribution is 0.108. The van der Waals surface area contributed by atoms with E-state index in [1.807, 2.05) is 5.01 Å². The van der Waals surface area contributed by atoms with E-state index in [1.54, 1.807) is 7.11 Å². The van der Waals surface area contributed by atoms with Crippen molar-refractivity contribution in [1.82, 2.24) is 5.01 Å². The first kappa shape index (κ1) is 6.99. The summed E-state index contributed by atoms with van der Waals surface area (Å²) in [5, 5.41) is 1.83. The van der Waals surface area contributed by atoms with Gasteiger partial charge in [0.05, 0.1) is 6.10 Å². The minimum atomic E-state index is 0.352. The summed E-state index contributed by atoms with van der Waals surface area (Å²) in [6, 6.07) is 0.481. The number of rotatable bonds is 1. The highest BCUT2D eigenvalue weighted by Gasteiger charge is 2.25. The molecule has 2 atom stereocenters. The maximum atomic E-state index is 5.60. The van der Waals surface area contributed by atoms with Crippen molar-refractivity contribution < 1.29 is 4.74 Å². The lowest BCUT2D eigenvalue weighted by Crippen LogP contribution is -2.34. The average molecular weight is 130 g/mol. The fourth-order valence-corrected chi connectivity index (χ4v) is 1.18. The molecule has 0 aromatic rings. The van der Waals surface area contributed by atoms with Gasteiger partial charge >= 0.3 is 0 Å². The zero-order chi connectivity index (χ0) is 6.85. The number of hydrazine groups is 1. The Hall–Kier alpha value is -0.120. The normalized spacial score (nSPS) is 37.7. The summed E-state index contributed by atoms with van der Waals surface area (Å²) in [6.45, 7) is 2.98. The average Bonchev–Trinajstić information content (AvgIpc) is 2.13. The number of hydrogen-bond donors (Lipinski definition) is 1. The standard InChI is InChI=1S/C6H14N2O/c1-5-3-6(9-2)4-8(5)7/h5-6H,3-4,7H2,1-2H3/t5-,6+/m1/s1. The molecular weight excluding hydrogens is 116 g/mol. The van der Waals surface area contributed by atoms with Crippen LogP contribution >= 0.6 is 0 Å². The molecule has 0 spiro atoms. The van der Waals surface area contributed by atoms with Crippen LogP contribution in [0.15, 0.2) is 0 Å². The highest BCUT2D eigenvalue weighted by atomic mass is 16.5. The van der Waals surface area contributed by atoms with Crippen LogP contribution in [0, 0.1) is 0 Å². The summed E-state index contributed by atoms with van der Waals surface area (Å²) in [6.07, 6.45) is 1.41. The van der Waals surface area contributed by atoms with Gasteiger partial charge in [0.25, 0.3) is 0 Å². The molecular formula is C6H14N2O. The minimum absolute atomic E-state index is 0.352. The first-order valence-corrected chi connectivity index (χ1v) is 3.28. The van der Waals surface area contributed by atoms with Gasteiger partial charge in [0.1, 0.15) is 0 Å². The fourth-order valence-electron chi connectivity index (χ4n) is 1.18. The van der Waals surface area contributed by atoms with Crippen molar-refractivity contribution in [2.45, 2.75) is 25.5 Å². The number of ether oxygens (including phenoxy) is 1. The molecule has 0 aromatic carbocycles. The molecule has 2 N–H and O–H groups in total. The molecule has 54 valence electrons. The van der Waals surface area contributed by atoms with Crippen molar-refractivity contribution >= 4 is 0 Å². The monoisotopic (exact) mass is 130 g/mol. The van der Waals surface area contributed by atoms with E-state index in [0.717, 1.165) is 13.0 Å². The molecule has 0 saturated carbocycles. The Kier molecular flexibility index (Phi) is 2.05. The number of nitrogens with zero attached hydrogens (tertiary/aromatic N) is 1. The summed E-state index contributed by atoms with van der Waals surface area (Å²) in [5.74, 6) is 5.60. The third kappa shape index (κ3) is 1.41. The van der Waals surface area contributed by atoms with Crippen LogP contribution in [0.25, 0.3) is 0 Å². The number of methoxy groups -OCH3 is 1. The Labute approximate surface area is 55.7 Å². The molecule has 0 unspecified atom stereocenters. The Morgan fingerprint density at radius 2 is 2.33 bits per heavy atom. The second-order valence-corrected chi connectivity index (χ2v) is 2.64. The Balaban J connectivity index is 2.35. The van der Waals surface area contributed by atoms with Crippen molar-refractivity contribution in [1.29, 1.82) is 0 Å². The number of nitrogens with two attached hydrogens (primary N) is 1. The van der Waals surface area contributed by atoms with Crippen LogP contribution in [0.2, 0.25) is 0 Å². The van der Waals surface area contributed by atoms with Gasteiger partial charge in [-0.05, 0) is 13.3 Å². The third-order valence-corrected chi connectivity index (χ3v) is 1.92. The highest BCUT2D eigenvalue weighted by molar-refractivity contribution is 4.78. The Morgan fingerprint density at radius 3 is 2.56 bits per heavy atom. The molecule has 1 aliphatic heterocycles. The summed E-state index contributed by atoms with van der Waals surface area (Å²) >= 11 is 0. The van der Waals surface area contributed by atoms with Gasteiger partial charge in [-0.2, -0.15) is 0 Å². The van der Waals surface area contributed by atoms with Crippen LogP contribution in [0.5, 0.6) is 0 Å². The molecule has 1 fully saturated rings. The molecule has 1 saturated heterocycles. The van der Waals surface area contributed by atoms with E-state index in [0.29, 0.717) is 12.1 Å². The van der Waals surface area contributed by atoms with Gasteiger partial charge in [-0.15, -0.1) is 0 Å². The lowest BCUT2D eigenvalue weighted by atomic mass is 10.2. The zero-order valence-corrected chi connectivity index (χ0v) is 6.00. The molecule has 3 heteroatoms. The summed E-state index contributed by atoms with van der Waals surface area (Å²) in [5.41, 5.74) is 0. The van der Waals surface area contributed by atoms with E-state index in [-0.39, 0.29) is 0 Å². The minimum Gasteiger partial charge on any atom is -0.380 e. The topological polar surface area (TPSA) is 38.5 Å². The zero-order valence-electron chi connectivity index (χ0n) is 6.00. The van der Waals surface area contributed by atoms with Crippen LogP contribution < -0.4 is 5.84 Å². The maximum Gasteiger partial charge on any atom is 0.0727 e. The summed E-state index contributed by atoms with van der Waals surface area (Å²) in [7, 11) is 1.73. The van der Waals surface area contributed by atoms with Crippen LogP contribution in [-0.4, -0.2) is 30.8 Å². The Morgan fingerprint density at radius 1 is 1.67 bits per heavy atom. The summed E-state index contributed by atoms with van der Waals surface area (Å²) < 4.78 is 5.13. The summed E-state index contributed by atoms with van der Waals surface area (Å²) in [4.78, 5) is 0. The van der Waals surface area contributed by atoms with Gasteiger partial charge in [-0.25, -0.2) is 5.01 Å². The van der Waals surface area contributed by atoms with Gasteiger partial charge in [-0.1, -0.05) is 0 Å². The van der Waals surface area contributed by atoms with E-state index >= 15 is 0 Å². The molecule has 0 aliphatic carbocycles. The van der Waals surface area contributed by atoms with Crippen molar-refractivity contribution in [3.05, 3.63) is 0 Å². The van der Waals surface area contributed by atoms with Crippen molar-refractivity contribution in [2.75, 3.05) is 13.7 Å². The van der Waals surface area contributed by atoms with Gasteiger partial charge in [0.2, 0.25) is 0 Å². The number of hydrogen-bond acceptors (Lipinski definition) is 3. The van der Waals surface area contributed by atoms with Crippen molar-refractivity contribution in [2.24, 2.45) is 5.84 Å². The molecule has 0 radical (unpaired) electrons. The molecule has 0 amide bonds. The third-order valence-electron chi connectivity index (χ3n) is 1.92. The van der Waals surface area contributed by atoms with E-state index < -0.39 is 0 Å². The second-order valence-electron chi connectivity index (χ2n) is 2.64. The van der Waals surface area contributed by atoms with E-state index in [9.17, 15) is 0 Å². The van der Waals surface area contributed by atoms with Crippen LogP contribution in [0.3, 0.4) is 0 Å². The smallest absolute Gasteiger partial charge is 0.0727 e. The lowest BCUT2D eigenvalue weighted by Gasteiger charge is -2.11. The molecule has 0 aromatic heterocycles. The molecule has 3 nitrogen and oxygen atoms in total. The van der Waals surface area contributed by atoms with Gasteiger partial charge in [-0.3, -0.25) is 5.84 Å². The Bertz CT molecular complexity index is 87.1. The molecule has 1 aliphatic rings.